The minimum Gasteiger partial charge on any atom is -0.445 e. The van der Waals surface area contributed by atoms with E-state index in [4.69, 9.17) is 4.74 Å². The summed E-state index contributed by atoms with van der Waals surface area (Å²) in [6.07, 6.45) is 1.29. The van der Waals surface area contributed by atoms with E-state index >= 15 is 0 Å². The maximum Gasteiger partial charge on any atom is 0.408 e. The molecule has 0 saturated carbocycles. The Morgan fingerprint density at radius 2 is 1.71 bits per heavy atom. The van der Waals surface area contributed by atoms with Gasteiger partial charge in [0, 0.05) is 29.1 Å². The molecule has 0 bridgehead atoms. The lowest BCUT2D eigenvalue weighted by atomic mass is 10.0. The summed E-state index contributed by atoms with van der Waals surface area (Å²) in [4.78, 5) is 29.0. The number of ether oxygens (including phenoxy) is 1. The van der Waals surface area contributed by atoms with Crippen molar-refractivity contribution in [2.75, 3.05) is 0 Å². The van der Waals surface area contributed by atoms with Gasteiger partial charge in [0.25, 0.3) is 0 Å². The molecule has 180 valence electrons. The number of aryl methyl sites for hydroxylation is 1. The number of para-hydroxylation sites is 1. The molecule has 4 rings (SSSR count). The normalized spacial score (nSPS) is 12.7. The quantitative estimate of drug-likeness (QED) is 0.323. The summed E-state index contributed by atoms with van der Waals surface area (Å²) >= 11 is 0. The molecule has 4 aromatic rings. The largest absolute Gasteiger partial charge is 0.445 e. The highest BCUT2D eigenvalue weighted by atomic mass is 19.1. The van der Waals surface area contributed by atoms with Gasteiger partial charge in [-0.3, -0.25) is 4.79 Å². The van der Waals surface area contributed by atoms with E-state index in [0.717, 1.165) is 27.6 Å². The highest BCUT2D eigenvalue weighted by Crippen LogP contribution is 2.20. The van der Waals surface area contributed by atoms with Gasteiger partial charge in [-0.15, -0.1) is 0 Å². The van der Waals surface area contributed by atoms with Crippen molar-refractivity contribution in [2.45, 2.75) is 39.0 Å². The van der Waals surface area contributed by atoms with Crippen LogP contribution < -0.4 is 10.6 Å². The van der Waals surface area contributed by atoms with Crippen molar-refractivity contribution in [2.24, 2.45) is 0 Å². The summed E-state index contributed by atoms with van der Waals surface area (Å²) < 4.78 is 19.4. The number of carbonyl (C=O) groups is 2. The van der Waals surface area contributed by atoms with E-state index in [1.807, 2.05) is 67.7 Å². The molecule has 7 heteroatoms. The van der Waals surface area contributed by atoms with Gasteiger partial charge in [-0.1, -0.05) is 60.7 Å². The number of aromatic nitrogens is 1. The van der Waals surface area contributed by atoms with Crippen LogP contribution >= 0.6 is 0 Å². The van der Waals surface area contributed by atoms with E-state index in [1.54, 1.807) is 19.1 Å². The zero-order valence-corrected chi connectivity index (χ0v) is 19.7. The Morgan fingerprint density at radius 1 is 0.971 bits per heavy atom. The van der Waals surface area contributed by atoms with Gasteiger partial charge in [-0.25, -0.2) is 9.18 Å². The summed E-state index contributed by atoms with van der Waals surface area (Å²) in [5, 5.41) is 6.61. The average Bonchev–Trinajstić information content (AvgIpc) is 3.26. The van der Waals surface area contributed by atoms with Crippen molar-refractivity contribution >= 4 is 22.9 Å². The van der Waals surface area contributed by atoms with Gasteiger partial charge in [-0.2, -0.15) is 0 Å². The van der Waals surface area contributed by atoms with Gasteiger partial charge < -0.3 is 20.4 Å². The monoisotopic (exact) mass is 473 g/mol. The zero-order valence-electron chi connectivity index (χ0n) is 19.7. The van der Waals surface area contributed by atoms with Crippen molar-refractivity contribution in [1.82, 2.24) is 15.6 Å². The van der Waals surface area contributed by atoms with Gasteiger partial charge in [0.2, 0.25) is 5.91 Å². The molecule has 0 spiro atoms. The van der Waals surface area contributed by atoms with Crippen LogP contribution in [0.3, 0.4) is 0 Å². The van der Waals surface area contributed by atoms with E-state index < -0.39 is 18.0 Å². The summed E-state index contributed by atoms with van der Waals surface area (Å²) in [5.74, 6) is -0.785. The molecule has 6 nitrogen and oxygen atoms in total. The molecule has 35 heavy (non-hydrogen) atoms. The second-order valence-corrected chi connectivity index (χ2v) is 8.57. The van der Waals surface area contributed by atoms with Crippen LogP contribution in [0.5, 0.6) is 0 Å². The number of H-pyrrole nitrogens is 1. The van der Waals surface area contributed by atoms with Gasteiger partial charge in [0.05, 0.1) is 6.04 Å². The van der Waals surface area contributed by atoms with Crippen molar-refractivity contribution in [3.05, 3.63) is 107 Å². The third-order valence-electron chi connectivity index (χ3n) is 5.93. The van der Waals surface area contributed by atoms with E-state index in [9.17, 15) is 14.0 Å². The number of halogens is 1. The minimum absolute atomic E-state index is 0.236. The summed E-state index contributed by atoms with van der Waals surface area (Å²) in [6, 6.07) is 20.9. The maximum atomic E-state index is 14.1. The van der Waals surface area contributed by atoms with E-state index in [2.05, 4.69) is 15.6 Å². The standard InChI is InChI=1S/C28H28FN3O3/c1-18-12-13-21(24(29)14-18)17-35-28(34)32-26(15-22-16-30-25-11-7-6-10-23(22)25)27(33)31-19(2)20-8-4-3-5-9-20/h3-14,16,19,26,30H,15,17H2,1-2H3,(H,31,33)(H,32,34)/t19-,26+/m0/s1. The third kappa shape index (κ3) is 6.06. The number of rotatable bonds is 8. The van der Waals surface area contributed by atoms with Crippen LogP contribution in [0.1, 0.15) is 35.2 Å². The van der Waals surface area contributed by atoms with Crippen molar-refractivity contribution in [1.29, 1.82) is 0 Å². The lowest BCUT2D eigenvalue weighted by molar-refractivity contribution is -0.123. The fourth-order valence-corrected chi connectivity index (χ4v) is 3.97. The molecular weight excluding hydrogens is 445 g/mol. The number of alkyl carbamates (subject to hydrolysis) is 1. The first-order valence-corrected chi connectivity index (χ1v) is 11.5. The molecule has 0 radical (unpaired) electrons. The summed E-state index contributed by atoms with van der Waals surface area (Å²) in [7, 11) is 0. The maximum absolute atomic E-state index is 14.1. The van der Waals surface area contributed by atoms with Crippen LogP contribution in [0.15, 0.2) is 79.0 Å². The Balaban J connectivity index is 1.48. The highest BCUT2D eigenvalue weighted by Gasteiger charge is 2.25. The fourth-order valence-electron chi connectivity index (χ4n) is 3.97. The van der Waals surface area contributed by atoms with Crippen molar-refractivity contribution < 1.29 is 18.7 Å². The fraction of sp³-hybridized carbons (Fsp3) is 0.214. The SMILES string of the molecule is Cc1ccc(COC(=O)N[C@H](Cc2c[nH]c3ccccc23)C(=O)N[C@@H](C)c2ccccc2)c(F)c1. The number of amides is 2. The van der Waals surface area contributed by atoms with Crippen LogP contribution in [-0.4, -0.2) is 23.0 Å². The molecule has 0 saturated heterocycles. The first kappa shape index (κ1) is 24.0. The number of nitrogens with one attached hydrogen (secondary N) is 3. The number of hydrogen-bond acceptors (Lipinski definition) is 3. The number of benzene rings is 3. The van der Waals surface area contributed by atoms with Crippen LogP contribution in [0.25, 0.3) is 10.9 Å². The van der Waals surface area contributed by atoms with Crippen LogP contribution in [0, 0.1) is 12.7 Å². The van der Waals surface area contributed by atoms with Crippen molar-refractivity contribution in [3.63, 3.8) is 0 Å². The molecule has 0 unspecified atom stereocenters. The zero-order chi connectivity index (χ0) is 24.8. The lowest BCUT2D eigenvalue weighted by Crippen LogP contribution is -2.48. The van der Waals surface area contributed by atoms with Gasteiger partial charge >= 0.3 is 6.09 Å². The summed E-state index contributed by atoms with van der Waals surface area (Å²) in [5.41, 5.74) is 3.82. The first-order valence-electron chi connectivity index (χ1n) is 11.5. The second kappa shape index (κ2) is 10.9. The molecule has 1 heterocycles. The molecule has 1 aromatic heterocycles. The number of aromatic amines is 1. The molecule has 2 atom stereocenters. The molecule has 2 amide bonds. The Morgan fingerprint density at radius 3 is 2.49 bits per heavy atom. The predicted molar refractivity (Wildman–Crippen MR) is 133 cm³/mol. The Bertz CT molecular complexity index is 1320. The second-order valence-electron chi connectivity index (χ2n) is 8.57. The molecular formula is C28H28FN3O3. The molecule has 0 fully saturated rings. The lowest BCUT2D eigenvalue weighted by Gasteiger charge is -2.21. The van der Waals surface area contributed by atoms with Crippen LogP contribution in [0.4, 0.5) is 9.18 Å². The number of carbonyl (C=O) groups excluding carboxylic acids is 2. The molecule has 0 aliphatic rings. The van der Waals surface area contributed by atoms with E-state index in [-0.39, 0.29) is 30.5 Å². The predicted octanol–water partition coefficient (Wildman–Crippen LogP) is 5.33. The molecule has 0 aliphatic heterocycles. The number of hydrogen-bond donors (Lipinski definition) is 3. The smallest absolute Gasteiger partial charge is 0.408 e. The van der Waals surface area contributed by atoms with Crippen molar-refractivity contribution in [3.8, 4) is 0 Å². The summed E-state index contributed by atoms with van der Waals surface area (Å²) in [6.45, 7) is 3.43. The van der Waals surface area contributed by atoms with Gasteiger partial charge in [0.15, 0.2) is 0 Å². The van der Waals surface area contributed by atoms with E-state index in [0.29, 0.717) is 0 Å². The first-order chi connectivity index (χ1) is 16.9. The molecule has 0 aliphatic carbocycles. The molecule has 3 aromatic carbocycles. The Labute approximate surface area is 203 Å². The Hall–Kier alpha value is -4.13. The van der Waals surface area contributed by atoms with Crippen LogP contribution in [-0.2, 0) is 22.6 Å². The van der Waals surface area contributed by atoms with Gasteiger partial charge in [-0.05, 0) is 42.7 Å². The topological polar surface area (TPSA) is 83.2 Å². The number of fused-ring (bicyclic) bond motifs is 1. The highest BCUT2D eigenvalue weighted by molar-refractivity contribution is 5.88. The van der Waals surface area contributed by atoms with Gasteiger partial charge in [0.1, 0.15) is 18.5 Å². The average molecular weight is 474 g/mol. The third-order valence-corrected chi connectivity index (χ3v) is 5.93. The minimum atomic E-state index is -0.893. The van der Waals surface area contributed by atoms with Crippen LogP contribution in [0.2, 0.25) is 0 Å². The van der Waals surface area contributed by atoms with E-state index in [1.165, 1.54) is 6.07 Å². The Kier molecular flexibility index (Phi) is 7.45. The molecule has 3 N–H and O–H groups in total.